The highest BCUT2D eigenvalue weighted by molar-refractivity contribution is 9.10. The molecule has 2 nitrogen and oxygen atoms in total. The molecule has 2 aromatic rings. The second kappa shape index (κ2) is 6.35. The number of ether oxygens (including phenoxy) is 1. The van der Waals surface area contributed by atoms with Gasteiger partial charge in [-0.25, -0.2) is 0 Å². The van der Waals surface area contributed by atoms with Crippen LogP contribution < -0.4 is 4.74 Å². The van der Waals surface area contributed by atoms with Crippen molar-refractivity contribution >= 4 is 39.1 Å². The number of rotatable bonds is 3. The molecule has 0 amide bonds. The van der Waals surface area contributed by atoms with Crippen molar-refractivity contribution in [3.63, 3.8) is 0 Å². The van der Waals surface area contributed by atoms with Crippen LogP contribution in [0.1, 0.15) is 22.8 Å². The Labute approximate surface area is 136 Å². The molecule has 106 valence electrons. The minimum absolute atomic E-state index is 0.420. The van der Waals surface area contributed by atoms with Crippen LogP contribution in [-0.4, -0.2) is 12.2 Å². The van der Waals surface area contributed by atoms with Crippen molar-refractivity contribution in [3.05, 3.63) is 61.5 Å². The Morgan fingerprint density at radius 3 is 2.45 bits per heavy atom. The third kappa shape index (κ3) is 3.12. The fourth-order valence-corrected chi connectivity index (χ4v) is 2.82. The van der Waals surface area contributed by atoms with Gasteiger partial charge in [-0.15, -0.1) is 0 Å². The van der Waals surface area contributed by atoms with E-state index in [9.17, 15) is 5.11 Å². The van der Waals surface area contributed by atoms with Gasteiger partial charge in [-0.2, -0.15) is 0 Å². The van der Waals surface area contributed by atoms with Gasteiger partial charge in [-0.1, -0.05) is 45.2 Å². The molecule has 0 bridgehead atoms. The van der Waals surface area contributed by atoms with Gasteiger partial charge < -0.3 is 9.84 Å². The van der Waals surface area contributed by atoms with Crippen LogP contribution in [0.15, 0.2) is 34.8 Å². The average molecular weight is 376 g/mol. The van der Waals surface area contributed by atoms with Crippen LogP contribution in [0.4, 0.5) is 0 Å². The van der Waals surface area contributed by atoms with Gasteiger partial charge in [0, 0.05) is 25.6 Å². The van der Waals surface area contributed by atoms with Crippen molar-refractivity contribution in [2.45, 2.75) is 13.0 Å². The number of aryl methyl sites for hydroxylation is 1. The van der Waals surface area contributed by atoms with Gasteiger partial charge in [0.05, 0.1) is 7.11 Å². The van der Waals surface area contributed by atoms with Crippen LogP contribution >= 0.6 is 39.1 Å². The SMILES string of the molecule is COc1cc(C)c(Br)cc1C(O)c1ccc(Cl)cc1Cl. The monoisotopic (exact) mass is 374 g/mol. The molecule has 0 saturated heterocycles. The van der Waals surface area contributed by atoms with Crippen molar-refractivity contribution in [1.29, 1.82) is 0 Å². The van der Waals surface area contributed by atoms with Crippen LogP contribution in [0.5, 0.6) is 5.75 Å². The molecule has 0 spiro atoms. The molecule has 1 N–H and O–H groups in total. The number of aliphatic hydroxyl groups excluding tert-OH is 1. The van der Waals surface area contributed by atoms with E-state index >= 15 is 0 Å². The highest BCUT2D eigenvalue weighted by Crippen LogP contribution is 2.37. The molecule has 20 heavy (non-hydrogen) atoms. The molecule has 5 heteroatoms. The number of benzene rings is 2. The summed E-state index contributed by atoms with van der Waals surface area (Å²) in [6, 6.07) is 8.72. The van der Waals surface area contributed by atoms with Crippen LogP contribution in [0.2, 0.25) is 10.0 Å². The lowest BCUT2D eigenvalue weighted by molar-refractivity contribution is 0.214. The maximum absolute atomic E-state index is 10.6. The van der Waals surface area contributed by atoms with Gasteiger partial charge >= 0.3 is 0 Å². The Bertz CT molecular complexity index is 644. The summed E-state index contributed by atoms with van der Waals surface area (Å²) in [5.74, 6) is 0.615. The summed E-state index contributed by atoms with van der Waals surface area (Å²) in [5.41, 5.74) is 2.26. The van der Waals surface area contributed by atoms with Crippen LogP contribution in [0.25, 0.3) is 0 Å². The summed E-state index contributed by atoms with van der Waals surface area (Å²) in [6.07, 6.45) is -0.883. The Morgan fingerprint density at radius 1 is 1.15 bits per heavy atom. The summed E-state index contributed by atoms with van der Waals surface area (Å²) in [7, 11) is 1.57. The second-order valence-electron chi connectivity index (χ2n) is 4.41. The number of hydrogen-bond donors (Lipinski definition) is 1. The minimum Gasteiger partial charge on any atom is -0.496 e. The van der Waals surface area contributed by atoms with Crippen molar-refractivity contribution < 1.29 is 9.84 Å². The average Bonchev–Trinajstić information content (AvgIpc) is 2.40. The predicted octanol–water partition coefficient (Wildman–Crippen LogP) is 5.15. The molecule has 0 aromatic heterocycles. The molecule has 0 aliphatic heterocycles. The zero-order valence-corrected chi connectivity index (χ0v) is 14.1. The first-order valence-electron chi connectivity index (χ1n) is 5.91. The lowest BCUT2D eigenvalue weighted by Gasteiger charge is -2.18. The molecule has 0 aliphatic carbocycles. The Balaban J connectivity index is 2.52. The zero-order chi connectivity index (χ0) is 14.9. The van der Waals surface area contributed by atoms with Crippen LogP contribution in [0, 0.1) is 6.92 Å². The van der Waals surface area contributed by atoms with E-state index in [1.807, 2.05) is 19.1 Å². The van der Waals surface area contributed by atoms with Crippen molar-refractivity contribution in [2.75, 3.05) is 7.11 Å². The van der Waals surface area contributed by atoms with Crippen LogP contribution in [-0.2, 0) is 0 Å². The first-order chi connectivity index (χ1) is 9.43. The van der Waals surface area contributed by atoms with E-state index in [0.29, 0.717) is 26.9 Å². The lowest BCUT2D eigenvalue weighted by Crippen LogP contribution is -2.04. The molecule has 2 aromatic carbocycles. The summed E-state index contributed by atoms with van der Waals surface area (Å²) in [6.45, 7) is 1.96. The van der Waals surface area contributed by atoms with E-state index in [2.05, 4.69) is 15.9 Å². The number of hydrogen-bond acceptors (Lipinski definition) is 2. The lowest BCUT2D eigenvalue weighted by atomic mass is 9.99. The highest BCUT2D eigenvalue weighted by atomic mass is 79.9. The Morgan fingerprint density at radius 2 is 1.85 bits per heavy atom. The van der Waals surface area contributed by atoms with E-state index in [-0.39, 0.29) is 0 Å². The van der Waals surface area contributed by atoms with E-state index in [0.717, 1.165) is 10.0 Å². The summed E-state index contributed by atoms with van der Waals surface area (Å²) >= 11 is 15.5. The maximum atomic E-state index is 10.6. The molecule has 2 rings (SSSR count). The first-order valence-corrected chi connectivity index (χ1v) is 7.46. The van der Waals surface area contributed by atoms with Gasteiger partial charge in [0.15, 0.2) is 0 Å². The quantitative estimate of drug-likeness (QED) is 0.803. The Kier molecular flexibility index (Phi) is 4.97. The predicted molar refractivity (Wildman–Crippen MR) is 86.0 cm³/mol. The van der Waals surface area contributed by atoms with Crippen molar-refractivity contribution in [3.8, 4) is 5.75 Å². The van der Waals surface area contributed by atoms with Crippen molar-refractivity contribution in [1.82, 2.24) is 0 Å². The van der Waals surface area contributed by atoms with Gasteiger partial charge in [0.2, 0.25) is 0 Å². The number of aliphatic hydroxyl groups is 1. The second-order valence-corrected chi connectivity index (χ2v) is 6.11. The van der Waals surface area contributed by atoms with E-state index in [1.165, 1.54) is 0 Å². The van der Waals surface area contributed by atoms with Gasteiger partial charge in [0.1, 0.15) is 11.9 Å². The molecular weight excluding hydrogens is 363 g/mol. The summed E-state index contributed by atoms with van der Waals surface area (Å²) < 4.78 is 6.24. The van der Waals surface area contributed by atoms with Gasteiger partial charge in [-0.05, 0) is 36.8 Å². The third-order valence-electron chi connectivity index (χ3n) is 3.06. The Hall–Kier alpha value is -0.740. The fourth-order valence-electron chi connectivity index (χ4n) is 1.95. The van der Waals surface area contributed by atoms with Crippen LogP contribution in [0.3, 0.4) is 0 Å². The van der Waals surface area contributed by atoms with E-state index in [4.69, 9.17) is 27.9 Å². The highest BCUT2D eigenvalue weighted by Gasteiger charge is 2.19. The maximum Gasteiger partial charge on any atom is 0.125 e. The van der Waals surface area contributed by atoms with Crippen molar-refractivity contribution in [2.24, 2.45) is 0 Å². The molecular formula is C15H13BrCl2O2. The van der Waals surface area contributed by atoms with Gasteiger partial charge in [-0.3, -0.25) is 0 Å². The normalized spacial score (nSPS) is 12.3. The first kappa shape index (κ1) is 15.6. The number of halogens is 3. The molecule has 0 fully saturated rings. The molecule has 0 heterocycles. The largest absolute Gasteiger partial charge is 0.496 e. The standard InChI is InChI=1S/C15H13BrCl2O2/c1-8-5-14(20-2)11(7-12(8)16)15(19)10-4-3-9(17)6-13(10)18/h3-7,15,19H,1-2H3. The van der Waals surface area contributed by atoms with Gasteiger partial charge in [0.25, 0.3) is 0 Å². The number of methoxy groups -OCH3 is 1. The molecule has 1 unspecified atom stereocenters. The van der Waals surface area contributed by atoms with E-state index < -0.39 is 6.10 Å². The fraction of sp³-hybridized carbons (Fsp3) is 0.200. The summed E-state index contributed by atoms with van der Waals surface area (Å²) in [5, 5.41) is 11.5. The zero-order valence-electron chi connectivity index (χ0n) is 11.0. The molecule has 0 radical (unpaired) electrons. The van der Waals surface area contributed by atoms with E-state index in [1.54, 1.807) is 25.3 Å². The minimum atomic E-state index is -0.883. The topological polar surface area (TPSA) is 29.5 Å². The molecule has 0 saturated carbocycles. The summed E-state index contributed by atoms with van der Waals surface area (Å²) in [4.78, 5) is 0. The third-order valence-corrected chi connectivity index (χ3v) is 4.48. The molecule has 0 aliphatic rings. The molecule has 1 atom stereocenters. The smallest absolute Gasteiger partial charge is 0.125 e.